The van der Waals surface area contributed by atoms with Gasteiger partial charge in [0, 0.05) is 25.2 Å². The van der Waals surface area contributed by atoms with E-state index in [0.717, 1.165) is 36.8 Å². The lowest BCUT2D eigenvalue weighted by Gasteiger charge is -2.21. The van der Waals surface area contributed by atoms with Gasteiger partial charge in [0.15, 0.2) is 5.96 Å². The number of likely N-dealkylation sites (tertiary alicyclic amines) is 1. The predicted molar refractivity (Wildman–Crippen MR) is 109 cm³/mol. The third-order valence-electron chi connectivity index (χ3n) is 3.74. The zero-order valence-corrected chi connectivity index (χ0v) is 17.2. The Hall–Kier alpha value is -1.02. The number of benzene rings is 1. The Morgan fingerprint density at radius 1 is 1.42 bits per heavy atom. The van der Waals surface area contributed by atoms with Gasteiger partial charge >= 0.3 is 0 Å². The lowest BCUT2D eigenvalue weighted by molar-refractivity contribution is 0.188. The van der Waals surface area contributed by atoms with Crippen molar-refractivity contribution >= 4 is 29.9 Å². The zero-order chi connectivity index (χ0) is 16.7. The van der Waals surface area contributed by atoms with Crippen LogP contribution in [-0.4, -0.2) is 48.3 Å². The topological polar surface area (TPSA) is 57.1 Å². The van der Waals surface area contributed by atoms with Gasteiger partial charge in [-0.1, -0.05) is 32.0 Å². The molecule has 2 N–H and O–H groups in total. The molecule has 6 heteroatoms. The molecule has 0 aliphatic carbocycles. The van der Waals surface area contributed by atoms with E-state index in [1.54, 1.807) is 0 Å². The second kappa shape index (κ2) is 10.8. The van der Waals surface area contributed by atoms with E-state index in [2.05, 4.69) is 37.1 Å². The number of halogens is 1. The first-order valence-electron chi connectivity index (χ1n) is 8.52. The minimum absolute atomic E-state index is 0. The molecule has 0 spiro atoms. The summed E-state index contributed by atoms with van der Waals surface area (Å²) in [5, 5.41) is 13.0. The van der Waals surface area contributed by atoms with Gasteiger partial charge in [-0.15, -0.1) is 24.0 Å². The molecule has 0 radical (unpaired) electrons. The van der Waals surface area contributed by atoms with Gasteiger partial charge in [-0.3, -0.25) is 0 Å². The molecule has 136 valence electrons. The number of para-hydroxylation sites is 1. The summed E-state index contributed by atoms with van der Waals surface area (Å²) in [4.78, 5) is 6.85. The number of aliphatic imine (C=N–C) groups is 1. The number of β-amino-alcohol motifs (C(OH)–C–C–N with tert-alkyl or cyclic N) is 1. The first kappa shape index (κ1) is 21.0. The van der Waals surface area contributed by atoms with Gasteiger partial charge in [0.1, 0.15) is 5.75 Å². The molecule has 1 heterocycles. The Morgan fingerprint density at radius 3 is 2.79 bits per heavy atom. The monoisotopic (exact) mass is 447 g/mol. The summed E-state index contributed by atoms with van der Waals surface area (Å²) in [7, 11) is 0. The lowest BCUT2D eigenvalue weighted by Crippen LogP contribution is -2.40. The largest absolute Gasteiger partial charge is 0.493 e. The zero-order valence-electron chi connectivity index (χ0n) is 14.9. The molecule has 0 aromatic heterocycles. The Balaban J connectivity index is 0.00000288. The fraction of sp³-hybridized carbons (Fsp3) is 0.611. The molecule has 2 rings (SSSR count). The maximum Gasteiger partial charge on any atom is 0.194 e. The van der Waals surface area contributed by atoms with Crippen molar-refractivity contribution in [3.63, 3.8) is 0 Å². The highest BCUT2D eigenvalue weighted by molar-refractivity contribution is 14.0. The molecule has 5 nitrogen and oxygen atoms in total. The normalized spacial score (nSPS) is 17.8. The van der Waals surface area contributed by atoms with Crippen LogP contribution in [0.15, 0.2) is 29.3 Å². The number of nitrogens with one attached hydrogen (secondary N) is 1. The number of ether oxygens (including phenoxy) is 1. The summed E-state index contributed by atoms with van der Waals surface area (Å²) in [6.45, 7) is 9.93. The van der Waals surface area contributed by atoms with E-state index in [1.165, 1.54) is 0 Å². The molecule has 0 unspecified atom stereocenters. The van der Waals surface area contributed by atoms with Crippen molar-refractivity contribution in [3.05, 3.63) is 29.8 Å². The number of aliphatic hydroxyl groups is 1. The number of guanidine groups is 1. The van der Waals surface area contributed by atoms with Crippen LogP contribution in [-0.2, 0) is 6.54 Å². The molecule has 1 saturated heterocycles. The summed E-state index contributed by atoms with van der Waals surface area (Å²) in [5.74, 6) is 2.26. The fourth-order valence-corrected chi connectivity index (χ4v) is 2.55. The van der Waals surface area contributed by atoms with E-state index in [1.807, 2.05) is 18.2 Å². The molecule has 1 fully saturated rings. The summed E-state index contributed by atoms with van der Waals surface area (Å²) < 4.78 is 5.89. The first-order valence-corrected chi connectivity index (χ1v) is 8.52. The van der Waals surface area contributed by atoms with Crippen LogP contribution in [0.25, 0.3) is 0 Å². The molecule has 24 heavy (non-hydrogen) atoms. The average molecular weight is 447 g/mol. The highest BCUT2D eigenvalue weighted by Crippen LogP contribution is 2.20. The number of nitrogens with zero attached hydrogens (tertiary/aromatic N) is 2. The lowest BCUT2D eigenvalue weighted by atomic mass is 10.2. The third-order valence-corrected chi connectivity index (χ3v) is 3.74. The van der Waals surface area contributed by atoms with Crippen LogP contribution < -0.4 is 10.1 Å². The summed E-state index contributed by atoms with van der Waals surface area (Å²) >= 11 is 0. The first-order chi connectivity index (χ1) is 11.1. The minimum atomic E-state index is -0.250. The van der Waals surface area contributed by atoms with E-state index >= 15 is 0 Å². The highest BCUT2D eigenvalue weighted by Gasteiger charge is 2.22. The van der Waals surface area contributed by atoms with Gasteiger partial charge in [0.2, 0.25) is 0 Å². The second-order valence-corrected chi connectivity index (χ2v) is 6.37. The smallest absolute Gasteiger partial charge is 0.194 e. The van der Waals surface area contributed by atoms with Crippen LogP contribution in [0.3, 0.4) is 0 Å². The van der Waals surface area contributed by atoms with E-state index in [4.69, 9.17) is 9.73 Å². The van der Waals surface area contributed by atoms with Gasteiger partial charge in [-0.2, -0.15) is 0 Å². The van der Waals surface area contributed by atoms with Crippen LogP contribution >= 0.6 is 24.0 Å². The van der Waals surface area contributed by atoms with Crippen LogP contribution in [0.2, 0.25) is 0 Å². The number of hydrogen-bond donors (Lipinski definition) is 2. The van der Waals surface area contributed by atoms with Gasteiger partial charge in [-0.05, 0) is 25.3 Å². The van der Waals surface area contributed by atoms with Crippen molar-refractivity contribution < 1.29 is 9.84 Å². The van der Waals surface area contributed by atoms with E-state index in [9.17, 15) is 5.11 Å². The van der Waals surface area contributed by atoms with Gasteiger partial charge in [0.25, 0.3) is 0 Å². The van der Waals surface area contributed by atoms with Crippen molar-refractivity contribution in [2.75, 3.05) is 26.2 Å². The van der Waals surface area contributed by atoms with Crippen molar-refractivity contribution in [1.29, 1.82) is 0 Å². The van der Waals surface area contributed by atoms with Crippen LogP contribution in [0.4, 0.5) is 0 Å². The standard InChI is InChI=1S/C18H29N3O2.HI/c1-4-19-18(21-10-9-16(22)12-21)20-11-15-7-5-6-8-17(15)23-13-14(2)3;/h5-8,14,16,22H,4,9-13H2,1-3H3,(H,19,20);1H/t16-;/m1./s1. The number of hydrogen-bond acceptors (Lipinski definition) is 3. The molecule has 0 saturated carbocycles. The van der Waals surface area contributed by atoms with Crippen LogP contribution in [0.5, 0.6) is 5.75 Å². The molecule has 1 aromatic rings. The number of aliphatic hydroxyl groups excluding tert-OH is 1. The van der Waals surface area contributed by atoms with Gasteiger partial charge in [0.05, 0.1) is 19.3 Å². The maximum absolute atomic E-state index is 9.72. The van der Waals surface area contributed by atoms with Gasteiger partial charge < -0.3 is 20.1 Å². The third kappa shape index (κ3) is 6.47. The molecule has 1 aliphatic heterocycles. The average Bonchev–Trinajstić information content (AvgIpc) is 2.96. The second-order valence-electron chi connectivity index (χ2n) is 6.37. The Morgan fingerprint density at radius 2 is 2.17 bits per heavy atom. The van der Waals surface area contributed by atoms with Crippen molar-refractivity contribution in [2.24, 2.45) is 10.9 Å². The van der Waals surface area contributed by atoms with Gasteiger partial charge in [-0.25, -0.2) is 4.99 Å². The Labute approximate surface area is 162 Å². The van der Waals surface area contributed by atoms with E-state index in [-0.39, 0.29) is 30.1 Å². The quantitative estimate of drug-likeness (QED) is 0.400. The molecule has 1 aliphatic rings. The summed E-state index contributed by atoms with van der Waals surface area (Å²) in [6.07, 6.45) is 0.555. The number of rotatable bonds is 6. The Bertz CT molecular complexity index is 523. The molecule has 0 bridgehead atoms. The molecule has 1 atom stereocenters. The fourth-order valence-electron chi connectivity index (χ4n) is 2.55. The molecule has 0 amide bonds. The van der Waals surface area contributed by atoms with E-state index < -0.39 is 0 Å². The van der Waals surface area contributed by atoms with Crippen molar-refractivity contribution in [1.82, 2.24) is 10.2 Å². The molecular formula is C18H30IN3O2. The van der Waals surface area contributed by atoms with E-state index in [0.29, 0.717) is 25.6 Å². The van der Waals surface area contributed by atoms with Crippen LogP contribution in [0.1, 0.15) is 32.8 Å². The summed E-state index contributed by atoms with van der Waals surface area (Å²) in [5.41, 5.74) is 1.09. The van der Waals surface area contributed by atoms with Crippen molar-refractivity contribution in [3.8, 4) is 5.75 Å². The Kier molecular flexibility index (Phi) is 9.43. The minimum Gasteiger partial charge on any atom is -0.493 e. The predicted octanol–water partition coefficient (Wildman–Crippen LogP) is 2.87. The van der Waals surface area contributed by atoms with Crippen molar-refractivity contribution in [2.45, 2.75) is 39.8 Å². The molecule has 1 aromatic carbocycles. The maximum atomic E-state index is 9.72. The summed E-state index contributed by atoms with van der Waals surface area (Å²) in [6, 6.07) is 8.06. The van der Waals surface area contributed by atoms with Crippen LogP contribution in [0, 0.1) is 5.92 Å². The SMILES string of the molecule is CCNC(=NCc1ccccc1OCC(C)C)N1CC[C@@H](O)C1.I. The molecular weight excluding hydrogens is 417 g/mol. The highest BCUT2D eigenvalue weighted by atomic mass is 127.